The largest absolute Gasteiger partial charge is 0.480 e. The zero-order valence-corrected chi connectivity index (χ0v) is 9.88. The molecule has 0 unspecified atom stereocenters. The predicted octanol–water partition coefficient (Wildman–Crippen LogP) is 1.48. The molecule has 1 aliphatic carbocycles. The number of urea groups is 1. The molecular weight excluding hydrogens is 208 g/mol. The van der Waals surface area contributed by atoms with Crippen molar-refractivity contribution in [2.45, 2.75) is 57.5 Å². The molecule has 1 atom stereocenters. The molecule has 3 N–H and O–H groups in total. The van der Waals surface area contributed by atoms with E-state index in [1.54, 1.807) is 0 Å². The summed E-state index contributed by atoms with van der Waals surface area (Å²) in [6.07, 6.45) is 5.37. The molecule has 0 radical (unpaired) electrons. The molecule has 0 aromatic rings. The lowest BCUT2D eigenvalue weighted by Gasteiger charge is -2.34. The van der Waals surface area contributed by atoms with E-state index < -0.39 is 12.0 Å². The highest BCUT2D eigenvalue weighted by molar-refractivity contribution is 5.82. The van der Waals surface area contributed by atoms with Gasteiger partial charge in [-0.25, -0.2) is 4.79 Å². The van der Waals surface area contributed by atoms with E-state index in [9.17, 15) is 9.59 Å². The van der Waals surface area contributed by atoms with Crippen molar-refractivity contribution < 1.29 is 14.7 Å². The lowest BCUT2D eigenvalue weighted by Crippen LogP contribution is -2.53. The van der Waals surface area contributed by atoms with Gasteiger partial charge in [-0.1, -0.05) is 19.3 Å². The Bertz CT molecular complexity index is 272. The van der Waals surface area contributed by atoms with Gasteiger partial charge in [0.2, 0.25) is 0 Å². The van der Waals surface area contributed by atoms with Crippen LogP contribution in [-0.4, -0.2) is 28.7 Å². The SMILES string of the molecule is C[C@@H](NC(=O)NC1(C)CCCCC1)C(=O)O. The first-order valence-corrected chi connectivity index (χ1v) is 5.74. The average molecular weight is 228 g/mol. The van der Waals surface area contributed by atoms with Crippen LogP contribution < -0.4 is 10.6 Å². The molecule has 1 rings (SSSR count). The molecule has 16 heavy (non-hydrogen) atoms. The Morgan fingerprint density at radius 3 is 2.31 bits per heavy atom. The molecule has 5 heteroatoms. The summed E-state index contributed by atoms with van der Waals surface area (Å²) in [5.41, 5.74) is -0.180. The number of hydrogen-bond acceptors (Lipinski definition) is 2. The topological polar surface area (TPSA) is 78.4 Å². The number of carbonyl (C=O) groups excluding carboxylic acids is 1. The zero-order chi connectivity index (χ0) is 12.2. The molecule has 0 spiro atoms. The first kappa shape index (κ1) is 12.8. The number of rotatable bonds is 3. The minimum absolute atomic E-state index is 0.180. The van der Waals surface area contributed by atoms with Crippen LogP contribution in [0, 0.1) is 0 Å². The third kappa shape index (κ3) is 3.72. The normalized spacial score (nSPS) is 20.9. The predicted molar refractivity (Wildman–Crippen MR) is 60.3 cm³/mol. The number of hydrogen-bond donors (Lipinski definition) is 3. The summed E-state index contributed by atoms with van der Waals surface area (Å²) < 4.78 is 0. The lowest BCUT2D eigenvalue weighted by atomic mass is 9.83. The monoisotopic (exact) mass is 228 g/mol. The molecule has 1 fully saturated rings. The van der Waals surface area contributed by atoms with E-state index in [4.69, 9.17) is 5.11 Å². The fraction of sp³-hybridized carbons (Fsp3) is 0.818. The first-order valence-electron chi connectivity index (χ1n) is 5.74. The molecule has 0 aliphatic heterocycles. The van der Waals surface area contributed by atoms with Gasteiger partial charge in [-0.15, -0.1) is 0 Å². The second-order valence-corrected chi connectivity index (χ2v) is 4.78. The molecule has 0 heterocycles. The van der Waals surface area contributed by atoms with Gasteiger partial charge in [-0.2, -0.15) is 0 Å². The second kappa shape index (κ2) is 5.18. The molecular formula is C11H20N2O3. The minimum atomic E-state index is -1.02. The Morgan fingerprint density at radius 2 is 1.81 bits per heavy atom. The van der Waals surface area contributed by atoms with Gasteiger partial charge in [0, 0.05) is 5.54 Å². The summed E-state index contributed by atoms with van der Waals surface area (Å²) in [5, 5.41) is 13.9. The van der Waals surface area contributed by atoms with Gasteiger partial charge in [0.1, 0.15) is 6.04 Å². The summed E-state index contributed by atoms with van der Waals surface area (Å²) in [4.78, 5) is 22.1. The van der Waals surface area contributed by atoms with Crippen LogP contribution in [0.5, 0.6) is 0 Å². The highest BCUT2D eigenvalue weighted by Gasteiger charge is 2.29. The van der Waals surface area contributed by atoms with Crippen molar-refractivity contribution in [3.05, 3.63) is 0 Å². The van der Waals surface area contributed by atoms with E-state index in [-0.39, 0.29) is 11.6 Å². The molecule has 92 valence electrons. The van der Waals surface area contributed by atoms with E-state index >= 15 is 0 Å². The van der Waals surface area contributed by atoms with Gasteiger partial charge >= 0.3 is 12.0 Å². The zero-order valence-electron chi connectivity index (χ0n) is 9.88. The Labute approximate surface area is 95.6 Å². The van der Waals surface area contributed by atoms with Crippen LogP contribution >= 0.6 is 0 Å². The highest BCUT2D eigenvalue weighted by atomic mass is 16.4. The van der Waals surface area contributed by atoms with Crippen LogP contribution in [-0.2, 0) is 4.79 Å². The number of amides is 2. The maximum Gasteiger partial charge on any atom is 0.325 e. The number of aliphatic carboxylic acids is 1. The summed E-state index contributed by atoms with van der Waals surface area (Å²) in [7, 11) is 0. The fourth-order valence-electron chi connectivity index (χ4n) is 2.03. The summed E-state index contributed by atoms with van der Waals surface area (Å²) in [5.74, 6) is -1.02. The van der Waals surface area contributed by atoms with E-state index in [2.05, 4.69) is 10.6 Å². The molecule has 0 saturated heterocycles. The number of carboxylic acids is 1. The van der Waals surface area contributed by atoms with Crippen molar-refractivity contribution in [2.24, 2.45) is 0 Å². The molecule has 1 aliphatic rings. The Morgan fingerprint density at radius 1 is 1.25 bits per heavy atom. The van der Waals surface area contributed by atoms with Gasteiger partial charge in [0.25, 0.3) is 0 Å². The van der Waals surface area contributed by atoms with E-state index in [0.29, 0.717) is 0 Å². The average Bonchev–Trinajstić information content (AvgIpc) is 2.17. The quantitative estimate of drug-likeness (QED) is 0.684. The molecule has 0 aromatic heterocycles. The second-order valence-electron chi connectivity index (χ2n) is 4.78. The Balaban J connectivity index is 2.41. The van der Waals surface area contributed by atoms with Crippen LogP contribution in [0.2, 0.25) is 0 Å². The van der Waals surface area contributed by atoms with Crippen molar-refractivity contribution in [2.75, 3.05) is 0 Å². The third-order valence-electron chi connectivity index (χ3n) is 3.09. The van der Waals surface area contributed by atoms with E-state index in [1.807, 2.05) is 6.92 Å². The molecule has 1 saturated carbocycles. The summed E-state index contributed by atoms with van der Waals surface area (Å²) in [6.45, 7) is 3.46. The molecule has 2 amide bonds. The van der Waals surface area contributed by atoms with Crippen LogP contribution in [0.3, 0.4) is 0 Å². The van der Waals surface area contributed by atoms with Crippen molar-refractivity contribution in [1.29, 1.82) is 0 Å². The fourth-order valence-corrected chi connectivity index (χ4v) is 2.03. The maximum absolute atomic E-state index is 11.5. The Hall–Kier alpha value is -1.26. The van der Waals surface area contributed by atoms with E-state index in [1.165, 1.54) is 13.3 Å². The van der Waals surface area contributed by atoms with Gasteiger partial charge in [-0.05, 0) is 26.7 Å². The smallest absolute Gasteiger partial charge is 0.325 e. The molecule has 0 aromatic carbocycles. The highest BCUT2D eigenvalue weighted by Crippen LogP contribution is 2.27. The van der Waals surface area contributed by atoms with Gasteiger partial charge in [0.05, 0.1) is 0 Å². The maximum atomic E-state index is 11.5. The van der Waals surface area contributed by atoms with Crippen molar-refractivity contribution in [3.8, 4) is 0 Å². The van der Waals surface area contributed by atoms with Crippen molar-refractivity contribution >= 4 is 12.0 Å². The first-order chi connectivity index (χ1) is 7.43. The van der Waals surface area contributed by atoms with E-state index in [0.717, 1.165) is 25.7 Å². The van der Waals surface area contributed by atoms with Crippen molar-refractivity contribution in [1.82, 2.24) is 10.6 Å². The van der Waals surface area contributed by atoms with Crippen LogP contribution in [0.25, 0.3) is 0 Å². The summed E-state index contributed by atoms with van der Waals surface area (Å²) >= 11 is 0. The lowest BCUT2D eigenvalue weighted by molar-refractivity contribution is -0.138. The number of carboxylic acid groups (broad SMARTS) is 1. The van der Waals surface area contributed by atoms with Gasteiger partial charge in [0.15, 0.2) is 0 Å². The number of carbonyl (C=O) groups is 2. The van der Waals surface area contributed by atoms with Crippen LogP contribution in [0.1, 0.15) is 46.0 Å². The molecule has 5 nitrogen and oxygen atoms in total. The summed E-state index contributed by atoms with van der Waals surface area (Å²) in [6, 6.07) is -1.24. The van der Waals surface area contributed by atoms with Crippen LogP contribution in [0.15, 0.2) is 0 Å². The van der Waals surface area contributed by atoms with Crippen LogP contribution in [0.4, 0.5) is 4.79 Å². The number of nitrogens with one attached hydrogen (secondary N) is 2. The molecule has 0 bridgehead atoms. The van der Waals surface area contributed by atoms with Gasteiger partial charge < -0.3 is 15.7 Å². The third-order valence-corrected chi connectivity index (χ3v) is 3.09. The standard InChI is InChI=1S/C11H20N2O3/c1-8(9(14)15)12-10(16)13-11(2)6-4-3-5-7-11/h8H,3-7H2,1-2H3,(H,14,15)(H2,12,13,16)/t8-/m1/s1. The van der Waals surface area contributed by atoms with Crippen molar-refractivity contribution in [3.63, 3.8) is 0 Å². The van der Waals surface area contributed by atoms with Gasteiger partial charge in [-0.3, -0.25) is 4.79 Å². The minimum Gasteiger partial charge on any atom is -0.480 e. The Kier molecular flexibility index (Phi) is 4.15.